The highest BCUT2D eigenvalue weighted by Crippen LogP contribution is 2.68. The Morgan fingerprint density at radius 2 is 1.60 bits per heavy atom. The molecule has 1 spiro atoms. The molecule has 3 fully saturated rings. The number of nitrogens with zero attached hydrogens (tertiary/aromatic N) is 3. The molecule has 3 unspecified atom stereocenters. The number of unbranched alkanes of at least 4 members (excludes halogenated alkanes) is 2. The molecule has 0 saturated carbocycles. The zero-order chi connectivity index (χ0) is 33.7. The maximum absolute atomic E-state index is 14.9. The van der Waals surface area contributed by atoms with E-state index in [2.05, 4.69) is 29.1 Å². The van der Waals surface area contributed by atoms with E-state index in [4.69, 9.17) is 9.47 Å². The maximum atomic E-state index is 14.9. The van der Waals surface area contributed by atoms with Crippen molar-refractivity contribution in [3.8, 4) is 11.5 Å². The molecule has 2 bridgehead atoms. The number of halogens is 1. The normalized spacial score (nSPS) is 25.7. The Balaban J connectivity index is 1.54. The summed E-state index contributed by atoms with van der Waals surface area (Å²) in [6.07, 6.45) is 5.93. The number of hydrogen-bond acceptors (Lipinski definition) is 7. The zero-order valence-corrected chi connectivity index (χ0v) is 29.5. The number of amides is 3. The molecule has 47 heavy (non-hydrogen) atoms. The summed E-state index contributed by atoms with van der Waals surface area (Å²) in [5.41, 5.74) is 1.37. The molecule has 3 saturated heterocycles. The van der Waals surface area contributed by atoms with Crippen molar-refractivity contribution in [3.05, 3.63) is 73.8 Å². The average Bonchev–Trinajstić information content (AvgIpc) is 3.67. The molecule has 0 aromatic heterocycles. The van der Waals surface area contributed by atoms with Crippen molar-refractivity contribution in [1.82, 2.24) is 4.90 Å². The quantitative estimate of drug-likeness (QED) is 0.140. The second-order valence-electron chi connectivity index (χ2n) is 12.1. The van der Waals surface area contributed by atoms with E-state index < -0.39 is 22.6 Å². The van der Waals surface area contributed by atoms with Crippen LogP contribution in [0.1, 0.15) is 32.6 Å². The van der Waals surface area contributed by atoms with Crippen LogP contribution < -0.4 is 19.3 Å². The first-order valence-corrected chi connectivity index (χ1v) is 18.0. The topological polar surface area (TPSA) is 99.6 Å². The number of anilines is 2. The van der Waals surface area contributed by atoms with Crippen molar-refractivity contribution >= 4 is 56.8 Å². The number of benzene rings is 2. The smallest absolute Gasteiger partial charge is 0.251 e. The SMILES string of the molecule is C=CCN(C(=O)C1N(CCCCCO)C(=O)[C@@H]2[C@H](C(=O)N(CC=C)c3ccc(OCC)cc3)[C@H]3SC12CC3Br)c1ccc(OC)cc1. The highest BCUT2D eigenvalue weighted by Gasteiger charge is 2.76. The maximum Gasteiger partial charge on any atom is 0.251 e. The van der Waals surface area contributed by atoms with Crippen LogP contribution in [0.15, 0.2) is 73.8 Å². The summed E-state index contributed by atoms with van der Waals surface area (Å²) >= 11 is 5.51. The summed E-state index contributed by atoms with van der Waals surface area (Å²) in [5, 5.41) is 9.21. The van der Waals surface area contributed by atoms with E-state index in [0.717, 1.165) is 6.42 Å². The molecule has 0 radical (unpaired) electrons. The first-order valence-electron chi connectivity index (χ1n) is 16.2. The van der Waals surface area contributed by atoms with Gasteiger partial charge in [0.05, 0.1) is 30.3 Å². The number of ether oxygens (including phenoxy) is 2. The molecule has 3 aliphatic heterocycles. The number of thioether (sulfide) groups is 1. The molecule has 252 valence electrons. The van der Waals surface area contributed by atoms with E-state index in [0.29, 0.717) is 55.3 Å². The fourth-order valence-corrected chi connectivity index (χ4v) is 11.0. The number of carbonyl (C=O) groups is 3. The summed E-state index contributed by atoms with van der Waals surface area (Å²) in [7, 11) is 1.59. The third kappa shape index (κ3) is 6.58. The third-order valence-corrected chi connectivity index (χ3v) is 12.6. The van der Waals surface area contributed by atoms with Crippen LogP contribution in [0.3, 0.4) is 0 Å². The number of rotatable bonds is 16. The van der Waals surface area contributed by atoms with E-state index in [1.807, 2.05) is 43.3 Å². The lowest BCUT2D eigenvalue weighted by Crippen LogP contribution is -2.56. The molecule has 11 heteroatoms. The van der Waals surface area contributed by atoms with Gasteiger partial charge in [-0.25, -0.2) is 0 Å². The molecule has 6 atom stereocenters. The highest BCUT2D eigenvalue weighted by molar-refractivity contribution is 9.09. The van der Waals surface area contributed by atoms with E-state index in [1.165, 1.54) is 0 Å². The lowest BCUT2D eigenvalue weighted by atomic mass is 9.70. The Morgan fingerprint density at radius 1 is 1.00 bits per heavy atom. The average molecular weight is 727 g/mol. The Kier molecular flexibility index (Phi) is 11.4. The van der Waals surface area contributed by atoms with Gasteiger partial charge in [-0.3, -0.25) is 14.4 Å². The second-order valence-corrected chi connectivity index (χ2v) is 14.8. The molecule has 2 aromatic rings. The molecule has 3 heterocycles. The molecule has 1 N–H and O–H groups in total. The number of likely N-dealkylation sites (tertiary alicyclic amines) is 1. The minimum absolute atomic E-state index is 0.0603. The summed E-state index contributed by atoms with van der Waals surface area (Å²) in [6, 6.07) is 13.9. The van der Waals surface area contributed by atoms with E-state index in [-0.39, 0.29) is 47.5 Å². The Hall–Kier alpha value is -3.28. The molecular weight excluding hydrogens is 682 g/mol. The van der Waals surface area contributed by atoms with Crippen molar-refractivity contribution in [3.63, 3.8) is 0 Å². The van der Waals surface area contributed by atoms with Crippen LogP contribution in [0.5, 0.6) is 11.5 Å². The van der Waals surface area contributed by atoms with Crippen LogP contribution >= 0.6 is 27.7 Å². The molecule has 3 aliphatic rings. The van der Waals surface area contributed by atoms with Gasteiger partial charge in [0.2, 0.25) is 11.8 Å². The van der Waals surface area contributed by atoms with Gasteiger partial charge in [0, 0.05) is 47.7 Å². The highest BCUT2D eigenvalue weighted by atomic mass is 79.9. The van der Waals surface area contributed by atoms with E-state index in [9.17, 15) is 19.5 Å². The Morgan fingerprint density at radius 3 is 2.15 bits per heavy atom. The molecular formula is C36H44BrN3O6S. The Labute approximate surface area is 290 Å². The van der Waals surface area contributed by atoms with Gasteiger partial charge >= 0.3 is 0 Å². The van der Waals surface area contributed by atoms with Gasteiger partial charge in [0.1, 0.15) is 17.5 Å². The van der Waals surface area contributed by atoms with Crippen molar-refractivity contribution in [2.75, 3.05) is 49.8 Å². The molecule has 0 aliphatic carbocycles. The summed E-state index contributed by atoms with van der Waals surface area (Å²) in [6.45, 7) is 11.2. The van der Waals surface area contributed by atoms with Crippen molar-refractivity contribution in [2.45, 2.75) is 53.5 Å². The molecule has 3 amide bonds. The number of alkyl halides is 1. The summed E-state index contributed by atoms with van der Waals surface area (Å²) in [5.74, 6) is -0.414. The minimum atomic E-state index is -0.797. The lowest BCUT2D eigenvalue weighted by Gasteiger charge is -2.38. The molecule has 5 rings (SSSR count). The predicted molar refractivity (Wildman–Crippen MR) is 191 cm³/mol. The molecule has 9 nitrogen and oxygen atoms in total. The van der Waals surface area contributed by atoms with Gasteiger partial charge in [-0.05, 0) is 81.1 Å². The van der Waals surface area contributed by atoms with Crippen molar-refractivity contribution < 1.29 is 29.0 Å². The van der Waals surface area contributed by atoms with Gasteiger partial charge in [0.15, 0.2) is 0 Å². The molecule has 2 aromatic carbocycles. The standard InChI is InChI=1S/C36H44BrN3O6S/c1-5-19-38(24-13-17-27(18-14-24)46-7-3)33(42)29-30-34(43)40(21-9-8-10-22-41)32(36(30)23-28(37)31(29)47-36)35(44)39(20-6-2)25-11-15-26(45-4)16-12-25/h5-6,11-18,28-32,41H,1-2,7-10,19-23H2,3-4H3/t28?,29-,30-,31-,32?,36?/m0/s1. The van der Waals surface area contributed by atoms with Gasteiger partial charge in [0.25, 0.3) is 5.91 Å². The number of carbonyl (C=O) groups excluding carboxylic acids is 3. The number of fused-ring (bicyclic) bond motifs is 1. The number of hydrogen-bond donors (Lipinski definition) is 1. The third-order valence-electron chi connectivity index (χ3n) is 9.36. The summed E-state index contributed by atoms with van der Waals surface area (Å²) < 4.78 is 10.2. The van der Waals surface area contributed by atoms with Crippen LogP contribution in [-0.4, -0.2) is 88.6 Å². The summed E-state index contributed by atoms with van der Waals surface area (Å²) in [4.78, 5) is 49.2. The predicted octanol–water partition coefficient (Wildman–Crippen LogP) is 5.46. The van der Waals surface area contributed by atoms with Gasteiger partial charge < -0.3 is 29.3 Å². The van der Waals surface area contributed by atoms with Crippen LogP contribution in [0, 0.1) is 11.8 Å². The van der Waals surface area contributed by atoms with Crippen LogP contribution in [0.2, 0.25) is 0 Å². The van der Waals surface area contributed by atoms with Crippen LogP contribution in [-0.2, 0) is 14.4 Å². The Bertz CT molecular complexity index is 1460. The number of aliphatic hydroxyl groups excluding tert-OH is 1. The van der Waals surface area contributed by atoms with E-state index in [1.54, 1.807) is 57.9 Å². The largest absolute Gasteiger partial charge is 0.497 e. The minimum Gasteiger partial charge on any atom is -0.497 e. The fraction of sp³-hybridized carbons (Fsp3) is 0.472. The number of aliphatic hydroxyl groups is 1. The van der Waals surface area contributed by atoms with Gasteiger partial charge in [-0.2, -0.15) is 0 Å². The van der Waals surface area contributed by atoms with Crippen LogP contribution in [0.4, 0.5) is 11.4 Å². The first-order chi connectivity index (χ1) is 22.8. The second kappa shape index (κ2) is 15.3. The van der Waals surface area contributed by atoms with Crippen molar-refractivity contribution in [1.29, 1.82) is 0 Å². The van der Waals surface area contributed by atoms with Gasteiger partial charge in [-0.15, -0.1) is 24.9 Å². The van der Waals surface area contributed by atoms with Crippen molar-refractivity contribution in [2.24, 2.45) is 11.8 Å². The lowest BCUT2D eigenvalue weighted by molar-refractivity contribution is -0.139. The number of methoxy groups -OCH3 is 1. The first kappa shape index (κ1) is 35.0. The zero-order valence-electron chi connectivity index (χ0n) is 27.1. The van der Waals surface area contributed by atoms with Crippen LogP contribution in [0.25, 0.3) is 0 Å². The monoisotopic (exact) mass is 725 g/mol. The van der Waals surface area contributed by atoms with Gasteiger partial charge in [-0.1, -0.05) is 28.1 Å². The fourth-order valence-electron chi connectivity index (χ4n) is 7.38. The van der Waals surface area contributed by atoms with E-state index >= 15 is 0 Å².